The number of fused-ring (bicyclic) bond motifs is 2. The SMILES string of the molecule is C[C@]1(C(N)=O)COc2c1cc(C(O)(CNC(=O)c1ccc3nc(CF)sc3c1)C(F)(F)F)nc2-c1ccc(F)cc1. The number of primary amides is 1. The Morgan fingerprint density at radius 3 is 2.49 bits per heavy atom. The molecule has 0 fully saturated rings. The highest BCUT2D eigenvalue weighted by Crippen LogP contribution is 2.47. The molecule has 0 aliphatic carbocycles. The summed E-state index contributed by atoms with van der Waals surface area (Å²) >= 11 is 0.989. The molecule has 2 atom stereocenters. The molecule has 0 saturated carbocycles. The van der Waals surface area contributed by atoms with Crippen molar-refractivity contribution in [2.75, 3.05) is 13.2 Å². The van der Waals surface area contributed by atoms with Crippen LogP contribution < -0.4 is 15.8 Å². The first-order valence-electron chi connectivity index (χ1n) is 12.0. The molecule has 2 aromatic heterocycles. The number of aromatic nitrogens is 2. The first-order valence-corrected chi connectivity index (χ1v) is 12.9. The van der Waals surface area contributed by atoms with Crippen LogP contribution in [0.25, 0.3) is 21.5 Å². The molecule has 1 unspecified atom stereocenters. The molecular formula is C27H21F5N4O4S. The van der Waals surface area contributed by atoms with Crippen LogP contribution in [0.5, 0.6) is 5.75 Å². The van der Waals surface area contributed by atoms with Gasteiger partial charge in [-0.1, -0.05) is 0 Å². The molecule has 4 aromatic rings. The van der Waals surface area contributed by atoms with Crippen molar-refractivity contribution in [2.45, 2.75) is 30.8 Å². The molecular weight excluding hydrogens is 571 g/mol. The van der Waals surface area contributed by atoms with E-state index in [-0.39, 0.29) is 39.7 Å². The van der Waals surface area contributed by atoms with Crippen molar-refractivity contribution in [1.29, 1.82) is 0 Å². The summed E-state index contributed by atoms with van der Waals surface area (Å²) in [5.74, 6) is -2.50. The number of pyridine rings is 1. The predicted molar refractivity (Wildman–Crippen MR) is 138 cm³/mol. The first kappa shape index (κ1) is 28.4. The molecule has 5 rings (SSSR count). The molecule has 2 aromatic carbocycles. The van der Waals surface area contributed by atoms with Gasteiger partial charge in [0.1, 0.15) is 41.0 Å². The smallest absolute Gasteiger partial charge is 0.424 e. The predicted octanol–water partition coefficient (Wildman–Crippen LogP) is 4.28. The molecule has 2 amide bonds. The fourth-order valence-electron chi connectivity index (χ4n) is 4.42. The number of carbonyl (C=O) groups excluding carboxylic acids is 2. The number of hydrogen-bond acceptors (Lipinski definition) is 7. The minimum Gasteiger partial charge on any atom is -0.489 e. The van der Waals surface area contributed by atoms with Crippen molar-refractivity contribution in [3.63, 3.8) is 0 Å². The maximum absolute atomic E-state index is 14.5. The highest BCUT2D eigenvalue weighted by atomic mass is 32.1. The van der Waals surface area contributed by atoms with E-state index < -0.39 is 53.7 Å². The number of aliphatic hydroxyl groups is 1. The molecule has 1 aliphatic heterocycles. The highest BCUT2D eigenvalue weighted by Gasteiger charge is 2.57. The van der Waals surface area contributed by atoms with Gasteiger partial charge in [-0.15, -0.1) is 11.3 Å². The molecule has 0 bridgehead atoms. The van der Waals surface area contributed by atoms with E-state index in [0.717, 1.165) is 29.5 Å². The molecule has 0 radical (unpaired) electrons. The Balaban J connectivity index is 1.57. The second-order valence-corrected chi connectivity index (χ2v) is 10.8. The summed E-state index contributed by atoms with van der Waals surface area (Å²) in [5.41, 5.74) is -0.393. The largest absolute Gasteiger partial charge is 0.489 e. The van der Waals surface area contributed by atoms with Gasteiger partial charge in [-0.05, 0) is 55.5 Å². The average Bonchev–Trinajstić information content (AvgIpc) is 3.52. The van der Waals surface area contributed by atoms with E-state index >= 15 is 0 Å². The third-order valence-electron chi connectivity index (χ3n) is 6.94. The molecule has 8 nitrogen and oxygen atoms in total. The number of rotatable bonds is 7. The second-order valence-electron chi connectivity index (χ2n) is 9.69. The standard InChI is InChI=1S/C27H21F5N4O4S/c1-25(24(33)38)12-40-22-16(25)9-19(36-21(22)13-2-5-15(29)6-3-13)26(39,27(30,31)32)11-34-23(37)14-4-7-17-18(8-14)41-20(10-28)35-17/h2-9,39H,10-12H2,1H3,(H2,33,38)(H,34,37)/t25-,26?/m0/s1. The molecule has 3 heterocycles. The summed E-state index contributed by atoms with van der Waals surface area (Å²) < 4.78 is 76.2. The average molecular weight is 593 g/mol. The zero-order valence-electron chi connectivity index (χ0n) is 21.2. The Bertz CT molecular complexity index is 1680. The Morgan fingerprint density at radius 1 is 1.15 bits per heavy atom. The van der Waals surface area contributed by atoms with Crippen LogP contribution in [0.15, 0.2) is 48.5 Å². The third kappa shape index (κ3) is 4.86. The summed E-state index contributed by atoms with van der Waals surface area (Å²) in [6.45, 7) is -1.10. The van der Waals surface area contributed by atoms with Gasteiger partial charge in [-0.25, -0.2) is 18.7 Å². The van der Waals surface area contributed by atoms with E-state index in [0.29, 0.717) is 10.2 Å². The third-order valence-corrected chi connectivity index (χ3v) is 7.92. The maximum Gasteiger partial charge on any atom is 0.424 e. The van der Waals surface area contributed by atoms with Crippen LogP contribution in [-0.2, 0) is 22.5 Å². The molecule has 41 heavy (non-hydrogen) atoms. The fraction of sp³-hybridized carbons (Fsp3) is 0.259. The van der Waals surface area contributed by atoms with E-state index in [2.05, 4.69) is 15.3 Å². The van der Waals surface area contributed by atoms with Crippen LogP contribution in [-0.4, -0.2) is 46.2 Å². The number of ether oxygens (including phenoxy) is 1. The molecule has 4 N–H and O–H groups in total. The number of halogens is 5. The summed E-state index contributed by atoms with van der Waals surface area (Å²) in [6.07, 6.45) is -5.36. The topological polar surface area (TPSA) is 127 Å². The number of alkyl halides is 4. The van der Waals surface area contributed by atoms with Crippen LogP contribution in [0, 0.1) is 5.82 Å². The van der Waals surface area contributed by atoms with Crippen molar-refractivity contribution in [3.05, 3.63) is 76.2 Å². The van der Waals surface area contributed by atoms with E-state index in [1.807, 2.05) is 0 Å². The Labute approximate surface area is 233 Å². The van der Waals surface area contributed by atoms with Gasteiger partial charge in [0.05, 0.1) is 22.5 Å². The number of nitrogens with one attached hydrogen (secondary N) is 1. The number of nitrogens with two attached hydrogens (primary N) is 1. The van der Waals surface area contributed by atoms with Gasteiger partial charge >= 0.3 is 6.18 Å². The van der Waals surface area contributed by atoms with Crippen LogP contribution in [0.1, 0.15) is 33.5 Å². The van der Waals surface area contributed by atoms with E-state index in [9.17, 15) is 36.6 Å². The van der Waals surface area contributed by atoms with Gasteiger partial charge < -0.3 is 20.9 Å². The van der Waals surface area contributed by atoms with Gasteiger partial charge in [0.2, 0.25) is 11.5 Å². The van der Waals surface area contributed by atoms with Gasteiger partial charge in [0.15, 0.2) is 0 Å². The highest BCUT2D eigenvalue weighted by molar-refractivity contribution is 7.18. The number of amides is 2. The number of carbonyl (C=O) groups is 2. The summed E-state index contributed by atoms with van der Waals surface area (Å²) in [4.78, 5) is 33.3. The first-order chi connectivity index (χ1) is 19.3. The Morgan fingerprint density at radius 2 is 1.85 bits per heavy atom. The minimum atomic E-state index is -5.36. The maximum atomic E-state index is 14.5. The summed E-state index contributed by atoms with van der Waals surface area (Å²) in [6, 6.07) is 9.59. The van der Waals surface area contributed by atoms with Gasteiger partial charge in [-0.2, -0.15) is 13.2 Å². The lowest BCUT2D eigenvalue weighted by molar-refractivity contribution is -0.265. The molecule has 214 valence electrons. The zero-order valence-corrected chi connectivity index (χ0v) is 22.0. The fourth-order valence-corrected chi connectivity index (χ4v) is 5.28. The lowest BCUT2D eigenvalue weighted by atomic mass is 9.81. The minimum absolute atomic E-state index is 0.0410. The normalized spacial score (nSPS) is 18.0. The van der Waals surface area contributed by atoms with Crippen LogP contribution in [0.3, 0.4) is 0 Å². The zero-order chi connectivity index (χ0) is 29.7. The quantitative estimate of drug-likeness (QED) is 0.275. The number of hydrogen-bond donors (Lipinski definition) is 3. The van der Waals surface area contributed by atoms with Gasteiger partial charge in [0.25, 0.3) is 5.91 Å². The molecule has 0 spiro atoms. The number of benzene rings is 2. The van der Waals surface area contributed by atoms with Crippen molar-refractivity contribution in [2.24, 2.45) is 5.73 Å². The van der Waals surface area contributed by atoms with Crippen molar-refractivity contribution in [3.8, 4) is 17.0 Å². The van der Waals surface area contributed by atoms with Gasteiger partial charge in [-0.3, -0.25) is 9.59 Å². The van der Waals surface area contributed by atoms with Crippen molar-refractivity contribution < 1.29 is 41.4 Å². The lowest BCUT2D eigenvalue weighted by Crippen LogP contribution is -2.51. The Hall–Kier alpha value is -4.17. The van der Waals surface area contributed by atoms with Crippen molar-refractivity contribution in [1.82, 2.24) is 15.3 Å². The van der Waals surface area contributed by atoms with Crippen LogP contribution in [0.4, 0.5) is 22.0 Å². The van der Waals surface area contributed by atoms with Crippen LogP contribution >= 0.6 is 11.3 Å². The van der Waals surface area contributed by atoms with Crippen LogP contribution in [0.2, 0.25) is 0 Å². The number of nitrogens with zero attached hydrogens (tertiary/aromatic N) is 2. The van der Waals surface area contributed by atoms with Gasteiger partial charge in [0, 0.05) is 16.7 Å². The monoisotopic (exact) mass is 592 g/mol. The Kier molecular flexibility index (Phi) is 6.94. The summed E-state index contributed by atoms with van der Waals surface area (Å²) in [5, 5.41) is 13.4. The van der Waals surface area contributed by atoms with E-state index in [1.165, 1.54) is 37.3 Å². The van der Waals surface area contributed by atoms with E-state index in [4.69, 9.17) is 10.5 Å². The van der Waals surface area contributed by atoms with E-state index in [1.54, 1.807) is 0 Å². The summed E-state index contributed by atoms with van der Waals surface area (Å²) in [7, 11) is 0. The molecule has 1 aliphatic rings. The second kappa shape index (κ2) is 10.0. The molecule has 0 saturated heterocycles. The number of thiazole rings is 1. The van der Waals surface area contributed by atoms with Crippen molar-refractivity contribution >= 4 is 33.4 Å². The molecule has 14 heteroatoms. The lowest BCUT2D eigenvalue weighted by Gasteiger charge is -2.31.